The number of carbonyl (C=O) groups is 1. The van der Waals surface area contributed by atoms with Gasteiger partial charge in [0.25, 0.3) is 0 Å². The minimum atomic E-state index is -0.185. The van der Waals surface area contributed by atoms with Crippen LogP contribution in [0.25, 0.3) is 0 Å². The number of aryl methyl sites for hydroxylation is 1. The molecule has 0 unspecified atom stereocenters. The van der Waals surface area contributed by atoms with Gasteiger partial charge >= 0.3 is 0 Å². The highest BCUT2D eigenvalue weighted by atomic mass is 16.5. The van der Waals surface area contributed by atoms with Gasteiger partial charge in [-0.25, -0.2) is 0 Å². The summed E-state index contributed by atoms with van der Waals surface area (Å²) in [5.74, 6) is 0.878. The van der Waals surface area contributed by atoms with Crippen LogP contribution in [0.15, 0.2) is 23.0 Å². The predicted octanol–water partition coefficient (Wildman–Crippen LogP) is 1.91. The van der Waals surface area contributed by atoms with Crippen molar-refractivity contribution in [3.05, 3.63) is 29.7 Å². The lowest BCUT2D eigenvalue weighted by Gasteiger charge is -2.34. The van der Waals surface area contributed by atoms with Crippen molar-refractivity contribution in [1.82, 2.24) is 20.3 Å². The zero-order valence-corrected chi connectivity index (χ0v) is 12.9. The molecule has 2 N–H and O–H groups in total. The molecular weight excluding hydrogens is 282 g/mol. The van der Waals surface area contributed by atoms with Crippen molar-refractivity contribution in [1.29, 1.82) is 0 Å². The Hall–Kier alpha value is -2.15. The zero-order valence-electron chi connectivity index (χ0n) is 12.9. The van der Waals surface area contributed by atoms with E-state index in [1.165, 1.54) is 5.56 Å². The quantitative estimate of drug-likeness (QED) is 0.901. The van der Waals surface area contributed by atoms with Gasteiger partial charge in [-0.3, -0.25) is 20.1 Å². The summed E-state index contributed by atoms with van der Waals surface area (Å²) in [4.78, 5) is 14.5. The Labute approximate surface area is 129 Å². The Kier molecular flexibility index (Phi) is 4.24. The monoisotopic (exact) mass is 303 g/mol. The van der Waals surface area contributed by atoms with Crippen LogP contribution in [0.5, 0.6) is 0 Å². The summed E-state index contributed by atoms with van der Waals surface area (Å²) >= 11 is 0. The summed E-state index contributed by atoms with van der Waals surface area (Å²) in [7, 11) is 0. The van der Waals surface area contributed by atoms with Gasteiger partial charge in [0.15, 0.2) is 0 Å². The number of nitrogens with zero attached hydrogens (tertiary/aromatic N) is 3. The highest BCUT2D eigenvalue weighted by molar-refractivity contribution is 5.93. The molecule has 0 spiro atoms. The maximum absolute atomic E-state index is 12.3. The first-order chi connectivity index (χ1) is 10.6. The van der Waals surface area contributed by atoms with E-state index in [-0.39, 0.29) is 11.9 Å². The van der Waals surface area contributed by atoms with Gasteiger partial charge in [-0.1, -0.05) is 5.16 Å². The number of aromatic nitrogens is 3. The summed E-state index contributed by atoms with van der Waals surface area (Å²) < 4.78 is 5.03. The minimum absolute atomic E-state index is 0.0575. The Morgan fingerprint density at radius 2 is 2.27 bits per heavy atom. The van der Waals surface area contributed by atoms with Crippen molar-refractivity contribution < 1.29 is 9.32 Å². The average Bonchev–Trinajstić information content (AvgIpc) is 3.18. The Balaban J connectivity index is 1.53. The van der Waals surface area contributed by atoms with Gasteiger partial charge in [-0.15, -0.1) is 0 Å². The Morgan fingerprint density at radius 1 is 1.50 bits per heavy atom. The number of amides is 1. The van der Waals surface area contributed by atoms with Crippen LogP contribution in [0.2, 0.25) is 0 Å². The lowest BCUT2D eigenvalue weighted by atomic mass is 9.91. The van der Waals surface area contributed by atoms with E-state index in [2.05, 4.69) is 25.6 Å². The molecule has 3 rings (SSSR count). The van der Waals surface area contributed by atoms with Gasteiger partial charge in [0, 0.05) is 12.3 Å². The largest absolute Gasteiger partial charge is 0.338 e. The number of nitrogens with one attached hydrogen (secondary N) is 2. The molecule has 2 aromatic heterocycles. The molecule has 0 radical (unpaired) electrons. The van der Waals surface area contributed by atoms with Crippen molar-refractivity contribution in [3.63, 3.8) is 0 Å². The summed E-state index contributed by atoms with van der Waals surface area (Å²) in [5, 5.41) is 13.4. The summed E-state index contributed by atoms with van der Waals surface area (Å²) in [5.41, 5.74) is 2.01. The molecule has 118 valence electrons. The van der Waals surface area contributed by atoms with Crippen LogP contribution in [0.1, 0.15) is 36.9 Å². The lowest BCUT2D eigenvalue weighted by Crippen LogP contribution is -2.45. The van der Waals surface area contributed by atoms with E-state index in [1.807, 2.05) is 26.2 Å². The topological polar surface area (TPSA) is 87.0 Å². The van der Waals surface area contributed by atoms with E-state index in [0.29, 0.717) is 11.8 Å². The van der Waals surface area contributed by atoms with E-state index >= 15 is 0 Å². The summed E-state index contributed by atoms with van der Waals surface area (Å²) in [6.45, 7) is 5.56. The second kappa shape index (κ2) is 6.31. The molecule has 0 aromatic carbocycles. The number of hydrogen-bond acceptors (Lipinski definition) is 5. The normalized spacial score (nSPS) is 18.3. The molecule has 1 aliphatic rings. The Morgan fingerprint density at radius 3 is 2.86 bits per heavy atom. The smallest absolute Gasteiger partial charge is 0.243 e. The fourth-order valence-electron chi connectivity index (χ4n) is 2.92. The van der Waals surface area contributed by atoms with Gasteiger partial charge in [-0.2, -0.15) is 5.10 Å². The molecule has 0 bridgehead atoms. The number of hydrogen-bond donors (Lipinski definition) is 2. The van der Waals surface area contributed by atoms with Crippen LogP contribution in [-0.4, -0.2) is 45.3 Å². The van der Waals surface area contributed by atoms with Gasteiger partial charge in [0.1, 0.15) is 0 Å². The maximum Gasteiger partial charge on any atom is 0.243 e. The first kappa shape index (κ1) is 14.8. The molecule has 22 heavy (non-hydrogen) atoms. The fourth-order valence-corrected chi connectivity index (χ4v) is 2.92. The molecule has 1 fully saturated rings. The van der Waals surface area contributed by atoms with E-state index in [0.717, 1.165) is 31.6 Å². The third-order valence-electron chi connectivity index (χ3n) is 4.32. The highest BCUT2D eigenvalue weighted by Gasteiger charge is 2.28. The molecule has 2 aromatic rings. The minimum Gasteiger partial charge on any atom is -0.338 e. The molecule has 0 saturated carbocycles. The molecule has 1 aliphatic heterocycles. The third kappa shape index (κ3) is 3.19. The number of rotatable bonds is 4. The molecule has 1 amide bonds. The first-order valence-electron chi connectivity index (χ1n) is 7.60. The van der Waals surface area contributed by atoms with Crippen LogP contribution >= 0.6 is 0 Å². The fraction of sp³-hybridized carbons (Fsp3) is 0.533. The van der Waals surface area contributed by atoms with Crippen LogP contribution in [0.4, 0.5) is 5.88 Å². The predicted molar refractivity (Wildman–Crippen MR) is 81.5 cm³/mol. The van der Waals surface area contributed by atoms with E-state index in [4.69, 9.17) is 4.52 Å². The number of piperidine rings is 1. The number of H-pyrrole nitrogens is 1. The molecule has 7 heteroatoms. The first-order valence-corrected chi connectivity index (χ1v) is 7.60. The van der Waals surface area contributed by atoms with Gasteiger partial charge < -0.3 is 4.52 Å². The molecule has 1 atom stereocenters. The maximum atomic E-state index is 12.3. The van der Waals surface area contributed by atoms with Crippen LogP contribution in [0, 0.1) is 6.92 Å². The zero-order chi connectivity index (χ0) is 15.5. The molecule has 3 heterocycles. The van der Waals surface area contributed by atoms with E-state index in [9.17, 15) is 4.79 Å². The standard InChI is InChI=1S/C15H21N5O2/c1-10-7-14(22-19-10)18-15(21)11(2)20-5-3-12(4-6-20)13-8-16-17-9-13/h7-9,11-12H,3-6H2,1-2H3,(H,16,17)(H,18,21)/t11-/m1/s1. The number of aromatic amines is 1. The van der Waals surface area contributed by atoms with Crippen molar-refractivity contribution >= 4 is 11.8 Å². The molecule has 0 aliphatic carbocycles. The van der Waals surface area contributed by atoms with Crippen LogP contribution in [-0.2, 0) is 4.79 Å². The third-order valence-corrected chi connectivity index (χ3v) is 4.32. The van der Waals surface area contributed by atoms with Crippen molar-refractivity contribution in [2.45, 2.75) is 38.6 Å². The van der Waals surface area contributed by atoms with Crippen molar-refractivity contribution in [2.24, 2.45) is 0 Å². The van der Waals surface area contributed by atoms with E-state index in [1.54, 1.807) is 6.07 Å². The van der Waals surface area contributed by atoms with Gasteiger partial charge in [0.2, 0.25) is 11.8 Å². The second-order valence-electron chi connectivity index (χ2n) is 5.84. The van der Waals surface area contributed by atoms with Gasteiger partial charge in [0.05, 0.1) is 17.9 Å². The summed E-state index contributed by atoms with van der Waals surface area (Å²) in [6, 6.07) is 1.53. The van der Waals surface area contributed by atoms with Gasteiger partial charge in [-0.05, 0) is 51.3 Å². The van der Waals surface area contributed by atoms with Crippen LogP contribution < -0.4 is 5.32 Å². The molecule has 1 saturated heterocycles. The SMILES string of the molecule is Cc1cc(NC(=O)[C@@H](C)N2CCC(c3cn[nH]c3)CC2)on1. The lowest BCUT2D eigenvalue weighted by molar-refractivity contribution is -0.121. The van der Waals surface area contributed by atoms with Crippen LogP contribution in [0.3, 0.4) is 0 Å². The molecule has 7 nitrogen and oxygen atoms in total. The van der Waals surface area contributed by atoms with Crippen molar-refractivity contribution in [3.8, 4) is 0 Å². The average molecular weight is 303 g/mol. The second-order valence-corrected chi connectivity index (χ2v) is 5.84. The highest BCUT2D eigenvalue weighted by Crippen LogP contribution is 2.28. The number of anilines is 1. The number of likely N-dealkylation sites (tertiary alicyclic amines) is 1. The molecular formula is C15H21N5O2. The summed E-state index contributed by atoms with van der Waals surface area (Å²) in [6.07, 6.45) is 5.93. The van der Waals surface area contributed by atoms with E-state index < -0.39 is 0 Å². The number of carbonyl (C=O) groups excluding carboxylic acids is 1. The Bertz CT molecular complexity index is 614. The van der Waals surface area contributed by atoms with Crippen molar-refractivity contribution in [2.75, 3.05) is 18.4 Å².